The molecule has 1 N–H and O–H groups in total. The molecule has 3 aromatic carbocycles. The summed E-state index contributed by atoms with van der Waals surface area (Å²) >= 11 is 12.6. The van der Waals surface area contributed by atoms with E-state index < -0.39 is 10.9 Å². The zero-order valence-electron chi connectivity index (χ0n) is 19.4. The second-order valence-corrected chi connectivity index (χ2v) is 8.95. The molecule has 2 unspecified atom stereocenters. The Hall–Kier alpha value is -3.63. The van der Waals surface area contributed by atoms with Gasteiger partial charge in [-0.25, -0.2) is 4.98 Å². The summed E-state index contributed by atoms with van der Waals surface area (Å²) in [6.07, 6.45) is 5.02. The Kier molecular flexibility index (Phi) is 8.62. The second kappa shape index (κ2) is 12.1. The summed E-state index contributed by atoms with van der Waals surface area (Å²) in [6.45, 7) is 1.12. The molecule has 0 amide bonds. The molecule has 0 radical (unpaired) electrons. The van der Waals surface area contributed by atoms with Crippen molar-refractivity contribution in [2.24, 2.45) is 0 Å². The normalized spacial score (nSPS) is 18.6. The minimum Gasteiger partial charge on any atom is -0.491 e. The Morgan fingerprint density at radius 2 is 1.81 bits per heavy atom. The zero-order valence-corrected chi connectivity index (χ0v) is 21.0. The van der Waals surface area contributed by atoms with Crippen molar-refractivity contribution < 1.29 is 24.5 Å². The molecular weight excluding hydrogens is 521 g/mol. The highest BCUT2D eigenvalue weighted by Gasteiger charge is 2.45. The maximum absolute atomic E-state index is 8.36. The van der Waals surface area contributed by atoms with E-state index in [0.717, 1.165) is 16.9 Å². The molecule has 0 saturated carbocycles. The van der Waals surface area contributed by atoms with Crippen LogP contribution in [0.3, 0.4) is 0 Å². The van der Waals surface area contributed by atoms with Crippen LogP contribution in [0.4, 0.5) is 0 Å². The number of aromatic nitrogens is 2. The van der Waals surface area contributed by atoms with E-state index in [1.807, 2.05) is 59.3 Å². The van der Waals surface area contributed by atoms with E-state index in [-0.39, 0.29) is 6.10 Å². The fourth-order valence-electron chi connectivity index (χ4n) is 3.94. The van der Waals surface area contributed by atoms with Crippen molar-refractivity contribution in [2.75, 3.05) is 13.2 Å². The van der Waals surface area contributed by atoms with Gasteiger partial charge in [0.15, 0.2) is 0 Å². The first-order valence-corrected chi connectivity index (χ1v) is 11.9. The number of ether oxygens (including phenoxy) is 3. The van der Waals surface area contributed by atoms with Gasteiger partial charge in [0.25, 0.3) is 5.09 Å². The average molecular weight is 544 g/mol. The number of imidazole rings is 1. The molecule has 192 valence electrons. The summed E-state index contributed by atoms with van der Waals surface area (Å²) < 4.78 is 20.6. The van der Waals surface area contributed by atoms with Gasteiger partial charge in [0.05, 0.1) is 24.5 Å². The highest BCUT2D eigenvalue weighted by atomic mass is 35.5. The van der Waals surface area contributed by atoms with Crippen molar-refractivity contribution in [3.8, 4) is 16.9 Å². The number of benzene rings is 3. The molecule has 2 atom stereocenters. The Morgan fingerprint density at radius 1 is 1.11 bits per heavy atom. The van der Waals surface area contributed by atoms with Gasteiger partial charge in [-0.3, -0.25) is 0 Å². The van der Waals surface area contributed by atoms with Gasteiger partial charge in [-0.05, 0) is 35.4 Å². The fourth-order valence-corrected chi connectivity index (χ4v) is 4.49. The third-order valence-corrected chi connectivity index (χ3v) is 6.10. The number of hydrogen-bond acceptors (Lipinski definition) is 6. The maximum atomic E-state index is 8.36. The first-order valence-electron chi connectivity index (χ1n) is 11.2. The third kappa shape index (κ3) is 6.99. The van der Waals surface area contributed by atoms with Gasteiger partial charge in [-0.15, -0.1) is 10.1 Å². The first kappa shape index (κ1) is 26.4. The molecule has 0 spiro atoms. The molecule has 1 aliphatic rings. The quantitative estimate of drug-likeness (QED) is 0.229. The monoisotopic (exact) mass is 543 g/mol. The van der Waals surface area contributed by atoms with E-state index >= 15 is 0 Å². The standard InChI is InChI=1S/C26H22Cl2N2O3.HNO3/c27-21-8-11-24(25(28)14-21)26(17-30-13-12-29-18-30)32-16-23(33-26)15-31-22-9-6-20(7-10-22)19-4-2-1-3-5-19;2-1(3)4/h1-14,18,23H,15-17H2;(H,2,3,4). The van der Waals surface area contributed by atoms with Crippen LogP contribution < -0.4 is 4.74 Å². The van der Waals surface area contributed by atoms with Gasteiger partial charge in [0.2, 0.25) is 5.79 Å². The van der Waals surface area contributed by atoms with Gasteiger partial charge >= 0.3 is 0 Å². The van der Waals surface area contributed by atoms with Gasteiger partial charge in [0.1, 0.15) is 18.5 Å². The largest absolute Gasteiger partial charge is 0.491 e. The van der Waals surface area contributed by atoms with Crippen LogP contribution in [0, 0.1) is 10.1 Å². The predicted octanol–water partition coefficient (Wildman–Crippen LogP) is 5.86. The number of rotatable bonds is 7. The van der Waals surface area contributed by atoms with Crippen molar-refractivity contribution in [2.45, 2.75) is 18.4 Å². The molecule has 0 bridgehead atoms. The zero-order chi connectivity index (χ0) is 26.3. The van der Waals surface area contributed by atoms with Gasteiger partial charge in [-0.2, -0.15) is 0 Å². The highest BCUT2D eigenvalue weighted by molar-refractivity contribution is 6.35. The number of hydrogen-bond donors (Lipinski definition) is 1. The van der Waals surface area contributed by atoms with Crippen LogP contribution in [-0.2, 0) is 21.8 Å². The molecule has 0 aliphatic carbocycles. The lowest BCUT2D eigenvalue weighted by atomic mass is 10.1. The molecule has 4 aromatic rings. The van der Waals surface area contributed by atoms with E-state index in [2.05, 4.69) is 17.1 Å². The van der Waals surface area contributed by atoms with Crippen LogP contribution >= 0.6 is 23.2 Å². The van der Waals surface area contributed by atoms with E-state index in [1.165, 1.54) is 5.56 Å². The fraction of sp³-hybridized carbons (Fsp3) is 0.192. The summed E-state index contributed by atoms with van der Waals surface area (Å²) in [5.41, 5.74) is 3.03. The molecule has 1 aromatic heterocycles. The van der Waals surface area contributed by atoms with Crippen LogP contribution in [0.25, 0.3) is 11.1 Å². The van der Waals surface area contributed by atoms with Crippen molar-refractivity contribution in [1.29, 1.82) is 0 Å². The molecule has 5 rings (SSSR count). The van der Waals surface area contributed by atoms with E-state index in [4.69, 9.17) is 52.7 Å². The van der Waals surface area contributed by atoms with Crippen molar-refractivity contribution >= 4 is 23.2 Å². The van der Waals surface area contributed by atoms with Gasteiger partial charge in [0, 0.05) is 23.0 Å². The predicted molar refractivity (Wildman–Crippen MR) is 137 cm³/mol. The maximum Gasteiger partial charge on any atom is 0.291 e. The Balaban J connectivity index is 0.000000747. The Bertz CT molecular complexity index is 1300. The van der Waals surface area contributed by atoms with E-state index in [0.29, 0.717) is 29.8 Å². The minimum absolute atomic E-state index is 0.269. The molecular formula is C26H23Cl2N3O6. The van der Waals surface area contributed by atoms with Crippen LogP contribution in [0.15, 0.2) is 91.5 Å². The smallest absolute Gasteiger partial charge is 0.291 e. The van der Waals surface area contributed by atoms with Crippen molar-refractivity contribution in [1.82, 2.24) is 9.55 Å². The van der Waals surface area contributed by atoms with Crippen molar-refractivity contribution in [3.05, 3.63) is 117 Å². The SMILES string of the molecule is Clc1ccc(C2(Cn3ccnc3)OCC(COc3ccc(-c4ccccc4)cc3)O2)c(Cl)c1.O=[N+]([O-])O. The molecule has 2 heterocycles. The van der Waals surface area contributed by atoms with Crippen LogP contribution in [0.5, 0.6) is 5.75 Å². The summed E-state index contributed by atoms with van der Waals surface area (Å²) in [7, 11) is 0. The lowest BCUT2D eigenvalue weighted by Crippen LogP contribution is -2.34. The van der Waals surface area contributed by atoms with Crippen LogP contribution in [-0.4, -0.2) is 39.2 Å². The Labute approximate surface area is 222 Å². The summed E-state index contributed by atoms with van der Waals surface area (Å²) in [4.78, 5) is 12.5. The molecule has 1 fully saturated rings. The number of halogens is 2. The molecule has 37 heavy (non-hydrogen) atoms. The minimum atomic E-state index is -1.50. The van der Waals surface area contributed by atoms with Crippen LogP contribution in [0.2, 0.25) is 10.0 Å². The molecule has 1 aliphatic heterocycles. The summed E-state index contributed by atoms with van der Waals surface area (Å²) in [5, 5.41) is 14.7. The Morgan fingerprint density at radius 3 is 2.46 bits per heavy atom. The van der Waals surface area contributed by atoms with Crippen LogP contribution in [0.1, 0.15) is 5.56 Å². The molecule has 1 saturated heterocycles. The van der Waals surface area contributed by atoms with E-state index in [9.17, 15) is 0 Å². The molecule has 9 nitrogen and oxygen atoms in total. The second-order valence-electron chi connectivity index (χ2n) is 8.10. The first-order chi connectivity index (χ1) is 17.8. The number of nitrogens with zero attached hydrogens (tertiary/aromatic N) is 3. The van der Waals surface area contributed by atoms with E-state index in [1.54, 1.807) is 24.7 Å². The lowest BCUT2D eigenvalue weighted by molar-refractivity contribution is -0.742. The topological polar surface area (TPSA) is 109 Å². The summed E-state index contributed by atoms with van der Waals surface area (Å²) in [5.74, 6) is -0.289. The third-order valence-electron chi connectivity index (χ3n) is 5.55. The lowest BCUT2D eigenvalue weighted by Gasteiger charge is -2.30. The average Bonchev–Trinajstić information content (AvgIpc) is 3.54. The van der Waals surface area contributed by atoms with Gasteiger partial charge in [-0.1, -0.05) is 71.7 Å². The highest BCUT2D eigenvalue weighted by Crippen LogP contribution is 2.40. The van der Waals surface area contributed by atoms with Crippen molar-refractivity contribution in [3.63, 3.8) is 0 Å². The summed E-state index contributed by atoms with van der Waals surface area (Å²) in [6, 6.07) is 23.6. The van der Waals surface area contributed by atoms with Gasteiger partial charge < -0.3 is 24.0 Å². The molecule has 11 heteroatoms.